The standard InChI is InChI=1S/C10H12N4O/c1-7-2-3-8(15-7)5-12-10-4-9(11)13-6-14-10/h2-4,6H,5H2,1H3,(H3,11,12,13,14). The zero-order valence-electron chi connectivity index (χ0n) is 8.40. The molecule has 2 aromatic rings. The van der Waals surface area contributed by atoms with Gasteiger partial charge in [-0.25, -0.2) is 9.97 Å². The molecule has 3 N–H and O–H groups in total. The predicted octanol–water partition coefficient (Wildman–Crippen LogP) is 1.57. The number of nitrogens with zero attached hydrogens (tertiary/aromatic N) is 2. The largest absolute Gasteiger partial charge is 0.465 e. The molecular formula is C10H12N4O. The summed E-state index contributed by atoms with van der Waals surface area (Å²) in [6.07, 6.45) is 1.42. The number of aromatic nitrogens is 2. The van der Waals surface area contributed by atoms with E-state index in [4.69, 9.17) is 10.2 Å². The molecule has 0 fully saturated rings. The molecule has 78 valence electrons. The van der Waals surface area contributed by atoms with Gasteiger partial charge in [-0.15, -0.1) is 0 Å². The van der Waals surface area contributed by atoms with Crippen molar-refractivity contribution in [3.8, 4) is 0 Å². The number of aryl methyl sites for hydroxylation is 1. The Morgan fingerprint density at radius 3 is 2.93 bits per heavy atom. The first-order chi connectivity index (χ1) is 7.24. The van der Waals surface area contributed by atoms with E-state index in [-0.39, 0.29) is 0 Å². The number of furan rings is 1. The van der Waals surface area contributed by atoms with E-state index in [0.717, 1.165) is 11.5 Å². The Hall–Kier alpha value is -2.04. The van der Waals surface area contributed by atoms with Gasteiger partial charge in [-0.05, 0) is 19.1 Å². The van der Waals surface area contributed by atoms with Crippen LogP contribution in [0.2, 0.25) is 0 Å². The topological polar surface area (TPSA) is 77.0 Å². The Labute approximate surface area is 87.3 Å². The molecule has 0 atom stereocenters. The smallest absolute Gasteiger partial charge is 0.131 e. The molecule has 0 aliphatic rings. The maximum Gasteiger partial charge on any atom is 0.131 e. The maximum absolute atomic E-state index is 5.52. The number of nitrogens with one attached hydrogen (secondary N) is 1. The van der Waals surface area contributed by atoms with E-state index in [1.807, 2.05) is 19.1 Å². The lowest BCUT2D eigenvalue weighted by molar-refractivity contribution is 0.490. The molecule has 15 heavy (non-hydrogen) atoms. The molecular weight excluding hydrogens is 192 g/mol. The summed E-state index contributed by atoms with van der Waals surface area (Å²) >= 11 is 0. The van der Waals surface area contributed by atoms with E-state index < -0.39 is 0 Å². The molecule has 5 heteroatoms. The van der Waals surface area contributed by atoms with E-state index in [9.17, 15) is 0 Å². The summed E-state index contributed by atoms with van der Waals surface area (Å²) < 4.78 is 5.40. The van der Waals surface area contributed by atoms with E-state index >= 15 is 0 Å². The van der Waals surface area contributed by atoms with Gasteiger partial charge in [0.15, 0.2) is 0 Å². The summed E-state index contributed by atoms with van der Waals surface area (Å²) in [7, 11) is 0. The molecule has 2 rings (SSSR count). The van der Waals surface area contributed by atoms with Gasteiger partial charge in [-0.3, -0.25) is 0 Å². The average Bonchev–Trinajstić information content (AvgIpc) is 2.62. The van der Waals surface area contributed by atoms with Crippen molar-refractivity contribution in [2.45, 2.75) is 13.5 Å². The third-order valence-electron chi connectivity index (χ3n) is 1.93. The number of hydrogen-bond donors (Lipinski definition) is 2. The molecule has 0 aliphatic carbocycles. The Bertz CT molecular complexity index is 452. The highest BCUT2D eigenvalue weighted by Crippen LogP contribution is 2.10. The molecule has 0 unspecified atom stereocenters. The predicted molar refractivity (Wildman–Crippen MR) is 57.2 cm³/mol. The van der Waals surface area contributed by atoms with Crippen LogP contribution in [0.1, 0.15) is 11.5 Å². The van der Waals surface area contributed by atoms with Crippen LogP contribution in [0.3, 0.4) is 0 Å². The Balaban J connectivity index is 1.99. The van der Waals surface area contributed by atoms with Crippen LogP contribution >= 0.6 is 0 Å². The quantitative estimate of drug-likeness (QED) is 0.793. The normalized spacial score (nSPS) is 10.2. The summed E-state index contributed by atoms with van der Waals surface area (Å²) in [5, 5.41) is 3.09. The zero-order valence-corrected chi connectivity index (χ0v) is 8.40. The summed E-state index contributed by atoms with van der Waals surface area (Å²) in [6.45, 7) is 2.50. The summed E-state index contributed by atoms with van der Waals surface area (Å²) in [5.41, 5.74) is 5.52. The lowest BCUT2D eigenvalue weighted by Gasteiger charge is -2.02. The first-order valence-electron chi connectivity index (χ1n) is 4.61. The third-order valence-corrected chi connectivity index (χ3v) is 1.93. The number of hydrogen-bond acceptors (Lipinski definition) is 5. The van der Waals surface area contributed by atoms with Gasteiger partial charge in [0.05, 0.1) is 6.54 Å². The molecule has 2 heterocycles. The summed E-state index contributed by atoms with van der Waals surface area (Å²) in [4.78, 5) is 7.82. The van der Waals surface area contributed by atoms with Crippen LogP contribution in [-0.2, 0) is 6.54 Å². The highest BCUT2D eigenvalue weighted by atomic mass is 16.3. The summed E-state index contributed by atoms with van der Waals surface area (Å²) in [5.74, 6) is 2.90. The van der Waals surface area contributed by atoms with Crippen LogP contribution < -0.4 is 11.1 Å². The molecule has 0 amide bonds. The molecule has 0 saturated heterocycles. The van der Waals surface area contributed by atoms with Crippen molar-refractivity contribution in [3.63, 3.8) is 0 Å². The van der Waals surface area contributed by atoms with E-state index in [2.05, 4.69) is 15.3 Å². The Kier molecular flexibility index (Phi) is 2.53. The van der Waals surface area contributed by atoms with Crippen LogP contribution in [0, 0.1) is 6.92 Å². The molecule has 0 bridgehead atoms. The van der Waals surface area contributed by atoms with E-state index in [0.29, 0.717) is 18.2 Å². The zero-order chi connectivity index (χ0) is 10.7. The molecule has 2 aromatic heterocycles. The van der Waals surface area contributed by atoms with Crippen LogP contribution in [0.4, 0.5) is 11.6 Å². The Morgan fingerprint density at radius 2 is 2.27 bits per heavy atom. The van der Waals surface area contributed by atoms with Crippen molar-refractivity contribution in [1.82, 2.24) is 9.97 Å². The van der Waals surface area contributed by atoms with Gasteiger partial charge in [0.1, 0.15) is 29.5 Å². The van der Waals surface area contributed by atoms with Crippen LogP contribution in [0.25, 0.3) is 0 Å². The van der Waals surface area contributed by atoms with Gasteiger partial charge in [0, 0.05) is 6.07 Å². The number of nitrogen functional groups attached to an aromatic ring is 1. The third kappa shape index (κ3) is 2.46. The lowest BCUT2D eigenvalue weighted by atomic mass is 10.4. The number of rotatable bonds is 3. The average molecular weight is 204 g/mol. The monoisotopic (exact) mass is 204 g/mol. The lowest BCUT2D eigenvalue weighted by Crippen LogP contribution is -2.01. The molecule has 0 saturated carbocycles. The molecule has 0 aromatic carbocycles. The van der Waals surface area contributed by atoms with Crippen LogP contribution in [0.5, 0.6) is 0 Å². The minimum absolute atomic E-state index is 0.447. The van der Waals surface area contributed by atoms with Crippen molar-refractivity contribution in [1.29, 1.82) is 0 Å². The fourth-order valence-electron chi connectivity index (χ4n) is 1.23. The van der Waals surface area contributed by atoms with Crippen LogP contribution in [-0.4, -0.2) is 9.97 Å². The first kappa shape index (κ1) is 9.51. The SMILES string of the molecule is Cc1ccc(CNc2cc(N)ncn2)o1. The van der Waals surface area contributed by atoms with Crippen molar-refractivity contribution >= 4 is 11.6 Å². The van der Waals surface area contributed by atoms with Gasteiger partial charge in [0.25, 0.3) is 0 Å². The maximum atomic E-state index is 5.52. The molecule has 0 spiro atoms. The molecule has 5 nitrogen and oxygen atoms in total. The highest BCUT2D eigenvalue weighted by molar-refractivity contribution is 5.43. The van der Waals surface area contributed by atoms with Crippen molar-refractivity contribution < 1.29 is 4.42 Å². The first-order valence-corrected chi connectivity index (χ1v) is 4.61. The van der Waals surface area contributed by atoms with Gasteiger partial charge in [-0.2, -0.15) is 0 Å². The van der Waals surface area contributed by atoms with Crippen molar-refractivity contribution in [3.05, 3.63) is 36.0 Å². The van der Waals surface area contributed by atoms with Gasteiger partial charge < -0.3 is 15.5 Å². The van der Waals surface area contributed by atoms with Gasteiger partial charge in [-0.1, -0.05) is 0 Å². The minimum atomic E-state index is 0.447. The van der Waals surface area contributed by atoms with Crippen LogP contribution in [0.15, 0.2) is 28.9 Å². The second-order valence-corrected chi connectivity index (χ2v) is 3.19. The molecule has 0 aliphatic heterocycles. The minimum Gasteiger partial charge on any atom is -0.465 e. The van der Waals surface area contributed by atoms with Crippen molar-refractivity contribution in [2.24, 2.45) is 0 Å². The second kappa shape index (κ2) is 4.00. The van der Waals surface area contributed by atoms with E-state index in [1.54, 1.807) is 6.07 Å². The fourth-order valence-corrected chi connectivity index (χ4v) is 1.23. The number of nitrogens with two attached hydrogens (primary N) is 1. The Morgan fingerprint density at radius 1 is 1.40 bits per heavy atom. The molecule has 0 radical (unpaired) electrons. The van der Waals surface area contributed by atoms with E-state index in [1.165, 1.54) is 6.33 Å². The second-order valence-electron chi connectivity index (χ2n) is 3.19. The highest BCUT2D eigenvalue weighted by Gasteiger charge is 1.99. The fraction of sp³-hybridized carbons (Fsp3) is 0.200. The van der Waals surface area contributed by atoms with Gasteiger partial charge >= 0.3 is 0 Å². The summed E-state index contributed by atoms with van der Waals surface area (Å²) in [6, 6.07) is 5.52. The van der Waals surface area contributed by atoms with Crippen molar-refractivity contribution in [2.75, 3.05) is 11.1 Å². The number of anilines is 2. The van der Waals surface area contributed by atoms with Gasteiger partial charge in [0.2, 0.25) is 0 Å².